The van der Waals surface area contributed by atoms with Crippen LogP contribution in [0.2, 0.25) is 0 Å². The summed E-state index contributed by atoms with van der Waals surface area (Å²) in [5.41, 5.74) is 0.684. The highest BCUT2D eigenvalue weighted by Crippen LogP contribution is 2.24. The van der Waals surface area contributed by atoms with E-state index in [1.165, 1.54) is 18.7 Å². The van der Waals surface area contributed by atoms with Gasteiger partial charge in [-0.15, -0.1) is 0 Å². The Kier molecular flexibility index (Phi) is 4.92. The number of carbonyl (C=O) groups is 1. The second kappa shape index (κ2) is 6.23. The highest BCUT2D eigenvalue weighted by Gasteiger charge is 1.99. The summed E-state index contributed by atoms with van der Waals surface area (Å²) >= 11 is 1.23. The van der Waals surface area contributed by atoms with E-state index in [-0.39, 0.29) is 10.9 Å². The fraction of sp³-hybridized carbons (Fsp3) is 0.250. The number of ether oxygens (including phenoxy) is 1. The third kappa shape index (κ3) is 3.98. The number of hydrogen-bond acceptors (Lipinski definition) is 4. The molecule has 0 fully saturated rings. The lowest BCUT2D eigenvalue weighted by molar-refractivity contribution is -0.109. The number of methoxy groups -OCH3 is 1. The molecule has 0 atom stereocenters. The molecule has 0 amide bonds. The molecule has 0 aromatic heterocycles. The average molecular weight is 238 g/mol. The minimum absolute atomic E-state index is 0.0829. The number of aromatic hydroxyl groups is 1. The number of thioether (sulfide) groups is 1. The van der Waals surface area contributed by atoms with Crippen molar-refractivity contribution in [1.82, 2.24) is 0 Å². The summed E-state index contributed by atoms with van der Waals surface area (Å²) in [5.74, 6) is 1.49. The predicted molar refractivity (Wildman–Crippen MR) is 66.8 cm³/mol. The zero-order valence-corrected chi connectivity index (χ0v) is 10.1. The quantitative estimate of drug-likeness (QED) is 0.876. The van der Waals surface area contributed by atoms with Gasteiger partial charge in [-0.3, -0.25) is 4.79 Å². The molecule has 1 rings (SSSR count). The van der Waals surface area contributed by atoms with Crippen LogP contribution < -0.4 is 4.74 Å². The zero-order valence-electron chi connectivity index (χ0n) is 9.27. The summed E-state index contributed by atoms with van der Waals surface area (Å²) in [6.07, 6.45) is 3.61. The molecule has 0 radical (unpaired) electrons. The first-order chi connectivity index (χ1) is 7.63. The van der Waals surface area contributed by atoms with E-state index < -0.39 is 0 Å². The lowest BCUT2D eigenvalue weighted by Crippen LogP contribution is -1.84. The van der Waals surface area contributed by atoms with Crippen LogP contribution in [-0.2, 0) is 4.79 Å². The number of phenolic OH excluding ortho intramolecular Hbond substituents is 1. The van der Waals surface area contributed by atoms with Gasteiger partial charge < -0.3 is 9.84 Å². The Morgan fingerprint density at radius 2 is 2.31 bits per heavy atom. The molecular weight excluding hydrogens is 224 g/mol. The second-order valence-corrected chi connectivity index (χ2v) is 4.33. The first kappa shape index (κ1) is 12.6. The normalized spacial score (nSPS) is 10.6. The number of phenols is 1. The molecule has 0 saturated heterocycles. The van der Waals surface area contributed by atoms with Crippen molar-refractivity contribution in [2.24, 2.45) is 0 Å². The number of hydrogen-bond donors (Lipinski definition) is 1. The molecule has 0 aliphatic rings. The van der Waals surface area contributed by atoms with Gasteiger partial charge >= 0.3 is 0 Å². The van der Waals surface area contributed by atoms with Crippen molar-refractivity contribution < 1.29 is 14.6 Å². The van der Waals surface area contributed by atoms with Gasteiger partial charge in [-0.2, -0.15) is 0 Å². The first-order valence-corrected chi connectivity index (χ1v) is 5.79. The van der Waals surface area contributed by atoms with E-state index in [2.05, 4.69) is 0 Å². The highest BCUT2D eigenvalue weighted by molar-refractivity contribution is 8.13. The maximum atomic E-state index is 10.7. The third-order valence-corrected chi connectivity index (χ3v) is 2.68. The van der Waals surface area contributed by atoms with Gasteiger partial charge in [-0.05, 0) is 18.2 Å². The Morgan fingerprint density at radius 1 is 1.56 bits per heavy atom. The maximum absolute atomic E-state index is 10.7. The van der Waals surface area contributed by atoms with Gasteiger partial charge in [-0.1, -0.05) is 23.9 Å². The van der Waals surface area contributed by atoms with Crippen LogP contribution in [0.3, 0.4) is 0 Å². The summed E-state index contributed by atoms with van der Waals surface area (Å²) in [6.45, 7) is 1.53. The van der Waals surface area contributed by atoms with Crippen LogP contribution in [0.15, 0.2) is 24.3 Å². The van der Waals surface area contributed by atoms with E-state index in [0.717, 1.165) is 0 Å². The number of rotatable bonds is 4. The topological polar surface area (TPSA) is 46.5 Å². The van der Waals surface area contributed by atoms with Crippen molar-refractivity contribution in [3.63, 3.8) is 0 Å². The average Bonchev–Trinajstić information content (AvgIpc) is 2.26. The zero-order chi connectivity index (χ0) is 12.0. The Bertz CT molecular complexity index is 399. The molecule has 0 aliphatic carbocycles. The van der Waals surface area contributed by atoms with Crippen molar-refractivity contribution >= 4 is 23.0 Å². The molecule has 0 spiro atoms. The van der Waals surface area contributed by atoms with Gasteiger partial charge in [-0.25, -0.2) is 0 Å². The molecule has 16 heavy (non-hydrogen) atoms. The minimum atomic E-state index is 0.0829. The van der Waals surface area contributed by atoms with Crippen LogP contribution in [-0.4, -0.2) is 23.1 Å². The molecule has 4 heteroatoms. The summed E-state index contributed by atoms with van der Waals surface area (Å²) in [4.78, 5) is 10.7. The Morgan fingerprint density at radius 3 is 2.94 bits per heavy atom. The summed E-state index contributed by atoms with van der Waals surface area (Å²) in [7, 11) is 1.57. The van der Waals surface area contributed by atoms with E-state index in [1.54, 1.807) is 31.4 Å². The van der Waals surface area contributed by atoms with Crippen LogP contribution in [0.25, 0.3) is 6.08 Å². The van der Waals surface area contributed by atoms with E-state index in [9.17, 15) is 9.90 Å². The minimum Gasteiger partial charge on any atom is -0.507 e. The van der Waals surface area contributed by atoms with Gasteiger partial charge in [0.25, 0.3) is 0 Å². The molecule has 1 aromatic rings. The lowest BCUT2D eigenvalue weighted by Gasteiger charge is -2.03. The number of benzene rings is 1. The molecule has 0 aliphatic heterocycles. The van der Waals surface area contributed by atoms with Crippen LogP contribution in [0, 0.1) is 0 Å². The smallest absolute Gasteiger partial charge is 0.186 e. The molecular formula is C12H14O3S. The van der Waals surface area contributed by atoms with E-state index in [1.807, 2.05) is 6.08 Å². The van der Waals surface area contributed by atoms with Crippen molar-refractivity contribution in [3.8, 4) is 11.5 Å². The highest BCUT2D eigenvalue weighted by atomic mass is 32.2. The van der Waals surface area contributed by atoms with Crippen molar-refractivity contribution in [2.75, 3.05) is 12.9 Å². The van der Waals surface area contributed by atoms with Crippen LogP contribution in [0.4, 0.5) is 0 Å². The molecule has 3 nitrogen and oxygen atoms in total. The third-order valence-electron chi connectivity index (χ3n) is 1.91. The number of carbonyl (C=O) groups excluding carboxylic acids is 1. The second-order valence-electron chi connectivity index (χ2n) is 3.13. The van der Waals surface area contributed by atoms with Gasteiger partial charge in [0.05, 0.1) is 7.11 Å². The van der Waals surface area contributed by atoms with Crippen LogP contribution >= 0.6 is 11.8 Å². The van der Waals surface area contributed by atoms with Gasteiger partial charge in [0.15, 0.2) is 5.12 Å². The van der Waals surface area contributed by atoms with Gasteiger partial charge in [0.2, 0.25) is 0 Å². The molecule has 0 heterocycles. The SMILES string of the molecule is COc1ccc(O)c(C=CCSC(C)=O)c1. The molecule has 0 bridgehead atoms. The summed E-state index contributed by atoms with van der Waals surface area (Å²) in [6, 6.07) is 5.01. The maximum Gasteiger partial charge on any atom is 0.186 e. The van der Waals surface area contributed by atoms with Gasteiger partial charge in [0, 0.05) is 18.2 Å². The summed E-state index contributed by atoms with van der Waals surface area (Å²) in [5, 5.41) is 9.64. The first-order valence-electron chi connectivity index (χ1n) is 4.80. The van der Waals surface area contributed by atoms with E-state index >= 15 is 0 Å². The van der Waals surface area contributed by atoms with Crippen molar-refractivity contribution in [3.05, 3.63) is 29.8 Å². The lowest BCUT2D eigenvalue weighted by atomic mass is 10.2. The summed E-state index contributed by atoms with van der Waals surface area (Å²) < 4.78 is 5.05. The Hall–Kier alpha value is -1.42. The standard InChI is InChI=1S/C12H14O3S/c1-9(13)16-7-3-4-10-8-11(15-2)5-6-12(10)14/h3-6,8,14H,7H2,1-2H3. The van der Waals surface area contributed by atoms with E-state index in [0.29, 0.717) is 17.1 Å². The molecule has 1 aromatic carbocycles. The van der Waals surface area contributed by atoms with Crippen molar-refractivity contribution in [1.29, 1.82) is 0 Å². The van der Waals surface area contributed by atoms with E-state index in [4.69, 9.17) is 4.74 Å². The fourth-order valence-electron chi connectivity index (χ4n) is 1.13. The Balaban J connectivity index is 2.68. The molecule has 86 valence electrons. The molecule has 0 saturated carbocycles. The Labute approximate surface area is 99.1 Å². The van der Waals surface area contributed by atoms with Crippen LogP contribution in [0.1, 0.15) is 12.5 Å². The van der Waals surface area contributed by atoms with Crippen LogP contribution in [0.5, 0.6) is 11.5 Å². The molecule has 1 N–H and O–H groups in total. The van der Waals surface area contributed by atoms with Gasteiger partial charge in [0.1, 0.15) is 11.5 Å². The monoisotopic (exact) mass is 238 g/mol. The largest absolute Gasteiger partial charge is 0.507 e. The predicted octanol–water partition coefficient (Wildman–Crippen LogP) is 2.69. The fourth-order valence-corrected chi connectivity index (χ4v) is 1.56. The van der Waals surface area contributed by atoms with Crippen molar-refractivity contribution in [2.45, 2.75) is 6.92 Å². The molecule has 0 unspecified atom stereocenters.